The number of carbonyl (C=O) groups is 1. The highest BCUT2D eigenvalue weighted by Gasteiger charge is 2.06. The summed E-state index contributed by atoms with van der Waals surface area (Å²) in [4.78, 5) is 10.9. The number of rotatable bonds is 5. The Labute approximate surface area is 73.2 Å². The molecule has 0 aromatic heterocycles. The van der Waals surface area contributed by atoms with Gasteiger partial charge in [-0.1, -0.05) is 6.92 Å². The van der Waals surface area contributed by atoms with Crippen LogP contribution in [0, 0.1) is 6.61 Å². The predicted octanol–water partition coefficient (Wildman–Crippen LogP) is 1.67. The maximum Gasteiger partial charge on any atom is 0.409 e. The van der Waals surface area contributed by atoms with E-state index < -0.39 is 12.4 Å². The van der Waals surface area contributed by atoms with Crippen LogP contribution in [0.4, 0.5) is 4.79 Å². The van der Waals surface area contributed by atoms with Crippen molar-refractivity contribution in [2.75, 3.05) is 6.54 Å². The van der Waals surface area contributed by atoms with E-state index in [-0.39, 0.29) is 0 Å². The van der Waals surface area contributed by atoms with Crippen molar-refractivity contribution in [2.24, 2.45) is 0 Å². The molecule has 0 fully saturated rings. The van der Waals surface area contributed by atoms with Crippen LogP contribution in [0.1, 0.15) is 27.2 Å². The summed E-state index contributed by atoms with van der Waals surface area (Å²) in [5, 5.41) is 2.57. The summed E-state index contributed by atoms with van der Waals surface area (Å²) in [7, 11) is 0. The fraction of sp³-hybridized carbons (Fsp3) is 0.750. The zero-order valence-electron chi connectivity index (χ0n) is 7.79. The lowest BCUT2D eigenvalue weighted by atomic mass is 10.5. The third-order valence-corrected chi connectivity index (χ3v) is 1.12. The van der Waals surface area contributed by atoms with E-state index in [2.05, 4.69) is 5.32 Å². The molecule has 0 bridgehead atoms. The number of ether oxygens (including phenoxy) is 2. The fourth-order valence-corrected chi connectivity index (χ4v) is 0.639. The van der Waals surface area contributed by atoms with Crippen molar-refractivity contribution in [2.45, 2.75) is 33.5 Å². The van der Waals surface area contributed by atoms with Gasteiger partial charge in [0.1, 0.15) is 0 Å². The minimum absolute atomic E-state index is 0.439. The molecule has 1 atom stereocenters. The molecule has 12 heavy (non-hydrogen) atoms. The first kappa shape index (κ1) is 11.2. The minimum Gasteiger partial charge on any atom is -0.420 e. The standard InChI is InChI=1S/C8H16NO3/c1-4-6-9-8(10)12-7(3)11-5-2/h5,7H,4,6H2,1-3H3,(H,9,10). The van der Waals surface area contributed by atoms with E-state index in [9.17, 15) is 4.79 Å². The summed E-state index contributed by atoms with van der Waals surface area (Å²) in [6.07, 6.45) is -0.0670. The Balaban J connectivity index is 3.40. The minimum atomic E-state index is -0.521. The molecular weight excluding hydrogens is 158 g/mol. The Bertz CT molecular complexity index is 127. The highest BCUT2D eigenvalue weighted by Crippen LogP contribution is 1.95. The van der Waals surface area contributed by atoms with Gasteiger partial charge in [-0.3, -0.25) is 0 Å². The van der Waals surface area contributed by atoms with Crippen LogP contribution in [0.2, 0.25) is 0 Å². The molecular formula is C8H16NO3. The molecule has 4 nitrogen and oxygen atoms in total. The fourth-order valence-electron chi connectivity index (χ4n) is 0.639. The zero-order chi connectivity index (χ0) is 9.40. The van der Waals surface area contributed by atoms with Crippen LogP contribution < -0.4 is 5.32 Å². The molecule has 0 heterocycles. The van der Waals surface area contributed by atoms with Gasteiger partial charge in [-0.15, -0.1) is 0 Å². The van der Waals surface area contributed by atoms with Crippen molar-refractivity contribution in [3.63, 3.8) is 0 Å². The summed E-state index contributed by atoms with van der Waals surface area (Å²) in [6.45, 7) is 7.47. The summed E-state index contributed by atoms with van der Waals surface area (Å²) in [5.74, 6) is 0. The first-order chi connectivity index (χ1) is 5.70. The maximum atomic E-state index is 10.9. The Morgan fingerprint density at radius 3 is 2.83 bits per heavy atom. The molecule has 0 spiro atoms. The van der Waals surface area contributed by atoms with Crippen molar-refractivity contribution in [1.82, 2.24) is 5.32 Å². The second-order valence-electron chi connectivity index (χ2n) is 2.27. The van der Waals surface area contributed by atoms with E-state index in [1.54, 1.807) is 13.8 Å². The molecule has 71 valence electrons. The summed E-state index contributed by atoms with van der Waals surface area (Å²) < 4.78 is 9.67. The van der Waals surface area contributed by atoms with Crippen LogP contribution in [-0.2, 0) is 9.47 Å². The van der Waals surface area contributed by atoms with Gasteiger partial charge < -0.3 is 14.8 Å². The molecule has 1 unspecified atom stereocenters. The third-order valence-electron chi connectivity index (χ3n) is 1.12. The number of carbonyl (C=O) groups excluding carboxylic acids is 1. The van der Waals surface area contributed by atoms with Crippen molar-refractivity contribution in [3.8, 4) is 0 Å². The van der Waals surface area contributed by atoms with Crippen molar-refractivity contribution < 1.29 is 14.3 Å². The highest BCUT2D eigenvalue weighted by atomic mass is 16.7. The molecule has 0 aliphatic heterocycles. The van der Waals surface area contributed by atoms with Crippen LogP contribution >= 0.6 is 0 Å². The summed E-state index contributed by atoms with van der Waals surface area (Å²) >= 11 is 0. The van der Waals surface area contributed by atoms with Crippen molar-refractivity contribution >= 4 is 6.09 Å². The number of amides is 1. The Hall–Kier alpha value is -0.770. The Morgan fingerprint density at radius 1 is 1.67 bits per heavy atom. The number of nitrogens with one attached hydrogen (secondary N) is 1. The number of hydrogen-bond acceptors (Lipinski definition) is 3. The van der Waals surface area contributed by atoms with Crippen molar-refractivity contribution in [1.29, 1.82) is 0 Å². The smallest absolute Gasteiger partial charge is 0.409 e. The maximum absolute atomic E-state index is 10.9. The summed E-state index contributed by atoms with van der Waals surface area (Å²) in [6, 6.07) is 0. The van der Waals surface area contributed by atoms with Gasteiger partial charge in [-0.05, 0) is 20.3 Å². The van der Waals surface area contributed by atoms with Crippen LogP contribution in [0.25, 0.3) is 0 Å². The largest absolute Gasteiger partial charge is 0.420 e. The number of alkyl carbamates (subject to hydrolysis) is 1. The van der Waals surface area contributed by atoms with Gasteiger partial charge in [0.25, 0.3) is 0 Å². The molecule has 0 saturated heterocycles. The quantitative estimate of drug-likeness (QED) is 0.645. The topological polar surface area (TPSA) is 47.6 Å². The van der Waals surface area contributed by atoms with E-state index in [0.29, 0.717) is 6.54 Å². The third kappa shape index (κ3) is 5.97. The first-order valence-electron chi connectivity index (χ1n) is 4.08. The van der Waals surface area contributed by atoms with Crippen LogP contribution in [0.3, 0.4) is 0 Å². The lowest BCUT2D eigenvalue weighted by Gasteiger charge is -2.12. The van der Waals surface area contributed by atoms with Crippen molar-refractivity contribution in [3.05, 3.63) is 6.61 Å². The van der Waals surface area contributed by atoms with Gasteiger partial charge in [-0.25, -0.2) is 4.79 Å². The predicted molar refractivity (Wildman–Crippen MR) is 45.3 cm³/mol. The lowest BCUT2D eigenvalue weighted by Crippen LogP contribution is -2.29. The number of hydrogen-bond donors (Lipinski definition) is 1. The molecule has 1 radical (unpaired) electrons. The Kier molecular flexibility index (Phi) is 6.47. The van der Waals surface area contributed by atoms with E-state index >= 15 is 0 Å². The average Bonchev–Trinajstić information content (AvgIpc) is 2.01. The van der Waals surface area contributed by atoms with Gasteiger partial charge in [0.05, 0.1) is 6.61 Å². The molecule has 0 rings (SSSR count). The normalized spacial score (nSPS) is 12.2. The van der Waals surface area contributed by atoms with Gasteiger partial charge in [0, 0.05) is 6.54 Å². The molecule has 0 saturated carbocycles. The van der Waals surface area contributed by atoms with Gasteiger partial charge >= 0.3 is 6.09 Å². The Morgan fingerprint density at radius 2 is 2.33 bits per heavy atom. The highest BCUT2D eigenvalue weighted by molar-refractivity contribution is 5.67. The van der Waals surface area contributed by atoms with Gasteiger partial charge in [0.2, 0.25) is 6.29 Å². The van der Waals surface area contributed by atoms with Crippen LogP contribution in [0.15, 0.2) is 0 Å². The SMILES string of the molecule is C[CH]OC(C)OC(=O)NCCC. The molecule has 4 heteroatoms. The second-order valence-corrected chi connectivity index (χ2v) is 2.27. The molecule has 0 aliphatic carbocycles. The second kappa shape index (κ2) is 6.91. The molecule has 0 aromatic rings. The van der Waals surface area contributed by atoms with Crippen LogP contribution in [0.5, 0.6) is 0 Å². The first-order valence-corrected chi connectivity index (χ1v) is 4.08. The summed E-state index contributed by atoms with van der Waals surface area (Å²) in [5.41, 5.74) is 0. The van der Waals surface area contributed by atoms with Gasteiger partial charge in [-0.2, -0.15) is 0 Å². The molecule has 1 amide bonds. The molecule has 0 aromatic carbocycles. The zero-order valence-corrected chi connectivity index (χ0v) is 7.79. The lowest BCUT2D eigenvalue weighted by molar-refractivity contribution is -0.0631. The molecule has 0 aliphatic rings. The molecule has 1 N–H and O–H groups in total. The van der Waals surface area contributed by atoms with E-state index in [0.717, 1.165) is 6.42 Å². The average molecular weight is 174 g/mol. The van der Waals surface area contributed by atoms with Gasteiger partial charge in [0.15, 0.2) is 0 Å². The monoisotopic (exact) mass is 174 g/mol. The van der Waals surface area contributed by atoms with E-state index in [1.807, 2.05) is 6.92 Å². The van der Waals surface area contributed by atoms with Crippen LogP contribution in [-0.4, -0.2) is 18.9 Å². The van der Waals surface area contributed by atoms with E-state index in [1.165, 1.54) is 6.61 Å². The van der Waals surface area contributed by atoms with E-state index in [4.69, 9.17) is 9.47 Å².